The lowest BCUT2D eigenvalue weighted by Crippen LogP contribution is -2.14. The van der Waals surface area contributed by atoms with Gasteiger partial charge in [0.05, 0.1) is 25.0 Å². The van der Waals surface area contributed by atoms with Gasteiger partial charge in [0.2, 0.25) is 5.91 Å². The molecule has 20 heavy (non-hydrogen) atoms. The van der Waals surface area contributed by atoms with E-state index in [0.29, 0.717) is 16.0 Å². The van der Waals surface area contributed by atoms with Gasteiger partial charge in [0, 0.05) is 17.8 Å². The van der Waals surface area contributed by atoms with Crippen LogP contribution in [0.2, 0.25) is 0 Å². The van der Waals surface area contributed by atoms with Crippen molar-refractivity contribution in [3.8, 4) is 0 Å². The fourth-order valence-corrected chi connectivity index (χ4v) is 2.64. The van der Waals surface area contributed by atoms with E-state index in [2.05, 4.69) is 25.0 Å². The molecule has 1 amide bonds. The first-order valence-electron chi connectivity index (χ1n) is 5.60. The van der Waals surface area contributed by atoms with E-state index in [4.69, 9.17) is 0 Å². The van der Waals surface area contributed by atoms with Gasteiger partial charge in [-0.05, 0) is 0 Å². The minimum Gasteiger partial charge on any atom is -0.469 e. The number of aromatic nitrogens is 3. The molecule has 0 aromatic carbocycles. The summed E-state index contributed by atoms with van der Waals surface area (Å²) in [7, 11) is 1.32. The topological polar surface area (TPSA) is 97.0 Å². The molecular weight excluding hydrogens is 300 g/mol. The molecule has 0 aliphatic heterocycles. The van der Waals surface area contributed by atoms with Crippen LogP contribution in [-0.4, -0.2) is 39.7 Å². The fourth-order valence-electron chi connectivity index (χ4n) is 1.28. The van der Waals surface area contributed by atoms with Crippen LogP contribution in [0.5, 0.6) is 0 Å². The minimum atomic E-state index is -0.360. The average Bonchev–Trinajstić information content (AvgIpc) is 3.08. The Labute approximate surface area is 123 Å². The summed E-state index contributed by atoms with van der Waals surface area (Å²) >= 11 is 2.57. The number of carbonyl (C=O) groups excluding carboxylic acids is 2. The van der Waals surface area contributed by atoms with Gasteiger partial charge in [0.15, 0.2) is 10.3 Å². The van der Waals surface area contributed by atoms with Gasteiger partial charge in [0.25, 0.3) is 0 Å². The Morgan fingerprint density at radius 3 is 3.10 bits per heavy atom. The van der Waals surface area contributed by atoms with Crippen LogP contribution in [0, 0.1) is 0 Å². The Kier molecular flexibility index (Phi) is 5.13. The van der Waals surface area contributed by atoms with Crippen molar-refractivity contribution in [2.24, 2.45) is 0 Å². The lowest BCUT2D eigenvalue weighted by Gasteiger charge is -1.99. The number of nitrogens with one attached hydrogen (secondary N) is 2. The number of nitrogens with zero attached hydrogens (tertiary/aromatic N) is 2. The Bertz CT molecular complexity index is 582. The van der Waals surface area contributed by atoms with Crippen LogP contribution in [0.15, 0.2) is 22.9 Å². The molecule has 7 nitrogen and oxygen atoms in total. The molecule has 2 aromatic heterocycles. The monoisotopic (exact) mass is 312 g/mol. The number of ether oxygens (including phenoxy) is 1. The largest absolute Gasteiger partial charge is 0.469 e. The summed E-state index contributed by atoms with van der Waals surface area (Å²) in [6.45, 7) is 0. The first-order valence-corrected chi connectivity index (χ1v) is 7.47. The number of hydrogen-bond donors (Lipinski definition) is 2. The molecule has 2 rings (SSSR count). The van der Waals surface area contributed by atoms with E-state index in [1.165, 1.54) is 30.2 Å². The number of aromatic amines is 1. The highest BCUT2D eigenvalue weighted by Gasteiger charge is 2.10. The van der Waals surface area contributed by atoms with Crippen LogP contribution < -0.4 is 5.32 Å². The van der Waals surface area contributed by atoms with Crippen molar-refractivity contribution < 1.29 is 14.3 Å². The van der Waals surface area contributed by atoms with E-state index in [1.54, 1.807) is 17.8 Å². The van der Waals surface area contributed by atoms with E-state index in [1.807, 2.05) is 0 Å². The van der Waals surface area contributed by atoms with Crippen LogP contribution in [0.1, 0.15) is 5.69 Å². The van der Waals surface area contributed by atoms with Crippen molar-refractivity contribution in [1.29, 1.82) is 0 Å². The molecule has 0 aliphatic carbocycles. The van der Waals surface area contributed by atoms with Crippen LogP contribution in [0.25, 0.3) is 0 Å². The molecule has 2 aromatic rings. The molecule has 0 radical (unpaired) electrons. The third-order valence-electron chi connectivity index (χ3n) is 2.16. The molecule has 0 saturated heterocycles. The van der Waals surface area contributed by atoms with E-state index in [9.17, 15) is 9.59 Å². The van der Waals surface area contributed by atoms with Gasteiger partial charge < -0.3 is 15.0 Å². The zero-order chi connectivity index (χ0) is 14.4. The number of amides is 1. The highest BCUT2D eigenvalue weighted by molar-refractivity contribution is 7.99. The first kappa shape index (κ1) is 14.5. The highest BCUT2D eigenvalue weighted by Crippen LogP contribution is 2.17. The second kappa shape index (κ2) is 7.06. The number of anilines is 1. The molecule has 0 aliphatic rings. The molecule has 2 N–H and O–H groups in total. The van der Waals surface area contributed by atoms with Crippen LogP contribution >= 0.6 is 23.1 Å². The van der Waals surface area contributed by atoms with Crippen LogP contribution in [-0.2, 0) is 20.7 Å². The van der Waals surface area contributed by atoms with Gasteiger partial charge >= 0.3 is 5.97 Å². The summed E-state index contributed by atoms with van der Waals surface area (Å²) in [4.78, 5) is 33.8. The first-order chi connectivity index (χ1) is 9.67. The quantitative estimate of drug-likeness (QED) is 0.616. The third kappa shape index (κ3) is 4.35. The van der Waals surface area contributed by atoms with Crippen molar-refractivity contribution in [1.82, 2.24) is 15.0 Å². The smallest absolute Gasteiger partial charge is 0.311 e. The van der Waals surface area contributed by atoms with Crippen molar-refractivity contribution in [3.63, 3.8) is 0 Å². The molecule has 0 unspecified atom stereocenters. The zero-order valence-electron chi connectivity index (χ0n) is 10.6. The number of carbonyl (C=O) groups is 2. The summed E-state index contributed by atoms with van der Waals surface area (Å²) in [6, 6.07) is 0. The van der Waals surface area contributed by atoms with E-state index < -0.39 is 0 Å². The fraction of sp³-hybridized carbons (Fsp3) is 0.273. The third-order valence-corrected chi connectivity index (χ3v) is 3.87. The second-order valence-electron chi connectivity index (χ2n) is 3.63. The summed E-state index contributed by atoms with van der Waals surface area (Å²) in [5, 5.41) is 5.54. The van der Waals surface area contributed by atoms with Gasteiger partial charge in [-0.15, -0.1) is 11.3 Å². The Hall–Kier alpha value is -1.87. The number of hydrogen-bond acceptors (Lipinski definition) is 7. The number of imidazole rings is 1. The molecule has 0 bridgehead atoms. The summed E-state index contributed by atoms with van der Waals surface area (Å²) in [5.41, 5.74) is 0.579. The van der Waals surface area contributed by atoms with Crippen molar-refractivity contribution >= 4 is 40.1 Å². The SMILES string of the molecule is COC(=O)Cc1csc(NC(=O)CSc2ncc[nH]2)n1. The normalized spacial score (nSPS) is 10.2. The van der Waals surface area contributed by atoms with Gasteiger partial charge in [-0.3, -0.25) is 9.59 Å². The molecule has 0 saturated carbocycles. The summed E-state index contributed by atoms with van der Waals surface area (Å²) in [6.07, 6.45) is 3.42. The Morgan fingerprint density at radius 2 is 2.40 bits per heavy atom. The van der Waals surface area contributed by atoms with E-state index >= 15 is 0 Å². The summed E-state index contributed by atoms with van der Waals surface area (Å²) in [5.74, 6) is -0.300. The predicted molar refractivity (Wildman–Crippen MR) is 75.8 cm³/mol. The van der Waals surface area contributed by atoms with Crippen molar-refractivity contribution in [3.05, 3.63) is 23.5 Å². The maximum absolute atomic E-state index is 11.7. The van der Waals surface area contributed by atoms with Gasteiger partial charge in [-0.2, -0.15) is 0 Å². The number of H-pyrrole nitrogens is 1. The molecule has 2 heterocycles. The number of esters is 1. The minimum absolute atomic E-state index is 0.101. The second-order valence-corrected chi connectivity index (χ2v) is 5.45. The maximum atomic E-state index is 11.7. The van der Waals surface area contributed by atoms with E-state index in [-0.39, 0.29) is 24.1 Å². The molecule has 0 fully saturated rings. The molecular formula is C11H12N4O3S2. The average molecular weight is 312 g/mol. The number of thiazole rings is 1. The van der Waals surface area contributed by atoms with Crippen molar-refractivity contribution in [2.75, 3.05) is 18.2 Å². The highest BCUT2D eigenvalue weighted by atomic mass is 32.2. The van der Waals surface area contributed by atoms with Crippen molar-refractivity contribution in [2.45, 2.75) is 11.6 Å². The molecule has 0 atom stereocenters. The van der Waals surface area contributed by atoms with Crippen LogP contribution in [0.3, 0.4) is 0 Å². The van der Waals surface area contributed by atoms with Gasteiger partial charge in [-0.1, -0.05) is 11.8 Å². The zero-order valence-corrected chi connectivity index (χ0v) is 12.2. The number of methoxy groups -OCH3 is 1. The number of thioether (sulfide) groups is 1. The molecule has 9 heteroatoms. The summed E-state index contributed by atoms with van der Waals surface area (Å²) < 4.78 is 4.55. The number of rotatable bonds is 6. The molecule has 0 spiro atoms. The Balaban J connectivity index is 1.80. The lowest BCUT2D eigenvalue weighted by molar-refractivity contribution is -0.139. The van der Waals surface area contributed by atoms with E-state index in [0.717, 1.165) is 0 Å². The molecule has 106 valence electrons. The Morgan fingerprint density at radius 1 is 1.55 bits per heavy atom. The predicted octanol–water partition coefficient (Wildman–Crippen LogP) is 1.31. The van der Waals surface area contributed by atoms with Gasteiger partial charge in [-0.25, -0.2) is 9.97 Å². The van der Waals surface area contributed by atoms with Crippen LogP contribution in [0.4, 0.5) is 5.13 Å². The standard InChI is InChI=1S/C11H12N4O3S2/c1-18-9(17)4-7-5-19-11(14-7)15-8(16)6-20-10-12-2-3-13-10/h2-3,5H,4,6H2,1H3,(H,12,13)(H,14,15,16). The van der Waals surface area contributed by atoms with Gasteiger partial charge in [0.1, 0.15) is 0 Å². The lowest BCUT2D eigenvalue weighted by atomic mass is 10.3. The maximum Gasteiger partial charge on any atom is 0.311 e.